The molecule has 2 aromatic carbocycles. The van der Waals surface area contributed by atoms with E-state index >= 15 is 0 Å². The fraction of sp³-hybridized carbons (Fsp3) is 0.176. The molecule has 0 spiro atoms. The van der Waals surface area contributed by atoms with Crippen molar-refractivity contribution in [2.75, 3.05) is 12.4 Å². The number of benzene rings is 2. The molecule has 2 aromatic rings. The lowest BCUT2D eigenvalue weighted by atomic mass is 10.1. The Kier molecular flexibility index (Phi) is 6.06. The molecule has 0 aliphatic carbocycles. The van der Waals surface area contributed by atoms with Crippen molar-refractivity contribution in [2.45, 2.75) is 13.0 Å². The maximum atomic E-state index is 12.1. The third-order valence-corrected chi connectivity index (χ3v) is 3.98. The first-order valence-corrected chi connectivity index (χ1v) is 8.01. The minimum Gasteiger partial charge on any atom is -0.355 e. The number of carbonyl (C=O) groups excluding carboxylic acids is 2. The third kappa shape index (κ3) is 4.63. The molecule has 1 unspecified atom stereocenters. The van der Waals surface area contributed by atoms with Crippen molar-refractivity contribution in [2.24, 2.45) is 0 Å². The Bertz CT molecular complexity index is 748. The number of rotatable bonds is 4. The Morgan fingerprint density at radius 2 is 1.71 bits per heavy atom. The molecule has 0 fully saturated rings. The van der Waals surface area contributed by atoms with Gasteiger partial charge in [-0.05, 0) is 42.8 Å². The van der Waals surface area contributed by atoms with Crippen LogP contribution in [0.1, 0.15) is 28.9 Å². The predicted molar refractivity (Wildman–Crippen MR) is 96.9 cm³/mol. The Labute approximate surface area is 150 Å². The van der Waals surface area contributed by atoms with Gasteiger partial charge in [-0.1, -0.05) is 35.3 Å². The summed E-state index contributed by atoms with van der Waals surface area (Å²) in [6.07, 6.45) is 0. The van der Waals surface area contributed by atoms with Gasteiger partial charge in [-0.2, -0.15) is 0 Å². The van der Waals surface area contributed by atoms with Gasteiger partial charge in [0.2, 0.25) is 0 Å². The fourth-order valence-corrected chi connectivity index (χ4v) is 2.50. The van der Waals surface area contributed by atoms with E-state index in [0.29, 0.717) is 16.3 Å². The highest BCUT2D eigenvalue weighted by Crippen LogP contribution is 2.21. The lowest BCUT2D eigenvalue weighted by molar-refractivity contribution is 0.0963. The van der Waals surface area contributed by atoms with Gasteiger partial charge in [0, 0.05) is 17.8 Å². The van der Waals surface area contributed by atoms with Crippen LogP contribution in [-0.2, 0) is 0 Å². The smallest absolute Gasteiger partial charge is 0.319 e. The lowest BCUT2D eigenvalue weighted by Crippen LogP contribution is -2.31. The number of anilines is 1. The number of halogens is 2. The first-order chi connectivity index (χ1) is 11.4. The van der Waals surface area contributed by atoms with Gasteiger partial charge in [0.05, 0.1) is 16.6 Å². The van der Waals surface area contributed by atoms with E-state index in [1.807, 2.05) is 19.1 Å². The number of nitrogens with one attached hydrogen (secondary N) is 3. The number of hydrogen-bond donors (Lipinski definition) is 3. The SMILES string of the molecule is CNC(=O)c1ccc(NC(=O)NC(C)c2ccc(Cl)cc2)cc1Cl. The molecular weight excluding hydrogens is 349 g/mol. The number of amides is 3. The summed E-state index contributed by atoms with van der Waals surface area (Å²) < 4.78 is 0. The highest BCUT2D eigenvalue weighted by molar-refractivity contribution is 6.34. The molecular formula is C17H17Cl2N3O2. The largest absolute Gasteiger partial charge is 0.355 e. The number of hydrogen-bond acceptors (Lipinski definition) is 2. The van der Waals surface area contributed by atoms with E-state index in [-0.39, 0.29) is 23.0 Å². The van der Waals surface area contributed by atoms with Gasteiger partial charge in [0.1, 0.15) is 0 Å². The van der Waals surface area contributed by atoms with E-state index < -0.39 is 0 Å². The molecule has 126 valence electrons. The highest BCUT2D eigenvalue weighted by Gasteiger charge is 2.12. The summed E-state index contributed by atoms with van der Waals surface area (Å²) in [7, 11) is 1.52. The van der Waals surface area contributed by atoms with E-state index in [9.17, 15) is 9.59 Å². The van der Waals surface area contributed by atoms with Crippen molar-refractivity contribution in [1.82, 2.24) is 10.6 Å². The molecule has 3 N–H and O–H groups in total. The molecule has 7 heteroatoms. The zero-order valence-corrected chi connectivity index (χ0v) is 14.7. The van der Waals surface area contributed by atoms with Crippen molar-refractivity contribution in [1.29, 1.82) is 0 Å². The minimum atomic E-state index is -0.374. The van der Waals surface area contributed by atoms with E-state index in [0.717, 1.165) is 5.56 Å². The van der Waals surface area contributed by atoms with Crippen molar-refractivity contribution in [3.63, 3.8) is 0 Å². The molecule has 0 saturated carbocycles. The lowest BCUT2D eigenvalue weighted by Gasteiger charge is -2.15. The summed E-state index contributed by atoms with van der Waals surface area (Å²) >= 11 is 11.9. The topological polar surface area (TPSA) is 70.2 Å². The van der Waals surface area contributed by atoms with Gasteiger partial charge in [-0.3, -0.25) is 4.79 Å². The molecule has 0 radical (unpaired) electrons. The first kappa shape index (κ1) is 18.1. The van der Waals surface area contributed by atoms with E-state index in [1.54, 1.807) is 24.3 Å². The molecule has 2 rings (SSSR count). The Hall–Kier alpha value is -2.24. The minimum absolute atomic E-state index is 0.192. The third-order valence-electron chi connectivity index (χ3n) is 3.42. The Balaban J connectivity index is 2.00. The average Bonchev–Trinajstić information content (AvgIpc) is 2.54. The van der Waals surface area contributed by atoms with Crippen molar-refractivity contribution < 1.29 is 9.59 Å². The van der Waals surface area contributed by atoms with E-state index in [1.165, 1.54) is 13.1 Å². The molecule has 1 atom stereocenters. The van der Waals surface area contributed by atoms with Crippen LogP contribution in [0.15, 0.2) is 42.5 Å². The maximum Gasteiger partial charge on any atom is 0.319 e. The summed E-state index contributed by atoms with van der Waals surface area (Å²) in [5, 5.41) is 8.90. The van der Waals surface area contributed by atoms with Crippen LogP contribution in [0, 0.1) is 0 Å². The zero-order chi connectivity index (χ0) is 17.7. The molecule has 0 heterocycles. The summed E-state index contributed by atoms with van der Waals surface area (Å²) in [4.78, 5) is 23.7. The fourth-order valence-electron chi connectivity index (χ4n) is 2.11. The van der Waals surface area contributed by atoms with Crippen molar-refractivity contribution in [3.05, 3.63) is 63.6 Å². The quantitative estimate of drug-likeness (QED) is 0.758. The van der Waals surface area contributed by atoms with Crippen LogP contribution in [0.5, 0.6) is 0 Å². The van der Waals surface area contributed by atoms with Crippen LogP contribution in [0.25, 0.3) is 0 Å². The molecule has 0 saturated heterocycles. The normalized spacial score (nSPS) is 11.5. The van der Waals surface area contributed by atoms with Crippen LogP contribution in [0.2, 0.25) is 10.0 Å². The van der Waals surface area contributed by atoms with Crippen molar-refractivity contribution in [3.8, 4) is 0 Å². The van der Waals surface area contributed by atoms with Crippen LogP contribution in [0.3, 0.4) is 0 Å². The summed E-state index contributed by atoms with van der Waals surface area (Å²) in [6, 6.07) is 11.4. The van der Waals surface area contributed by atoms with Gasteiger partial charge in [-0.15, -0.1) is 0 Å². The van der Waals surface area contributed by atoms with Crippen LogP contribution >= 0.6 is 23.2 Å². The zero-order valence-electron chi connectivity index (χ0n) is 13.2. The second-order valence-corrected chi connectivity index (χ2v) is 5.99. The monoisotopic (exact) mass is 365 g/mol. The maximum absolute atomic E-state index is 12.1. The number of carbonyl (C=O) groups is 2. The molecule has 0 aliphatic heterocycles. The molecule has 5 nitrogen and oxygen atoms in total. The van der Waals surface area contributed by atoms with Gasteiger partial charge in [0.15, 0.2) is 0 Å². The van der Waals surface area contributed by atoms with Crippen LogP contribution < -0.4 is 16.0 Å². The van der Waals surface area contributed by atoms with Crippen LogP contribution in [-0.4, -0.2) is 19.0 Å². The molecule has 24 heavy (non-hydrogen) atoms. The Morgan fingerprint density at radius 3 is 2.29 bits per heavy atom. The predicted octanol–water partition coefficient (Wildman–Crippen LogP) is 4.24. The second kappa shape index (κ2) is 8.04. The molecule has 0 bridgehead atoms. The average molecular weight is 366 g/mol. The van der Waals surface area contributed by atoms with Crippen LogP contribution in [0.4, 0.5) is 10.5 Å². The standard InChI is InChI=1S/C17H17Cl2N3O2/c1-10(11-3-5-12(18)6-4-11)21-17(24)22-13-7-8-14(15(19)9-13)16(23)20-2/h3-10H,1-2H3,(H,20,23)(H2,21,22,24). The van der Waals surface area contributed by atoms with E-state index in [4.69, 9.17) is 23.2 Å². The van der Waals surface area contributed by atoms with Gasteiger partial charge in [0.25, 0.3) is 5.91 Å². The summed E-state index contributed by atoms with van der Waals surface area (Å²) in [5.74, 6) is -0.285. The highest BCUT2D eigenvalue weighted by atomic mass is 35.5. The van der Waals surface area contributed by atoms with E-state index in [2.05, 4.69) is 16.0 Å². The molecule has 0 aromatic heterocycles. The number of urea groups is 1. The second-order valence-electron chi connectivity index (χ2n) is 5.15. The molecule has 0 aliphatic rings. The van der Waals surface area contributed by atoms with Gasteiger partial charge < -0.3 is 16.0 Å². The van der Waals surface area contributed by atoms with Crippen molar-refractivity contribution >= 4 is 40.8 Å². The van der Waals surface area contributed by atoms with Gasteiger partial charge >= 0.3 is 6.03 Å². The Morgan fingerprint density at radius 1 is 1.04 bits per heavy atom. The summed E-state index contributed by atoms with van der Waals surface area (Å²) in [6.45, 7) is 1.87. The van der Waals surface area contributed by atoms with Gasteiger partial charge in [-0.25, -0.2) is 4.79 Å². The summed E-state index contributed by atoms with van der Waals surface area (Å²) in [5.41, 5.74) is 1.77. The first-order valence-electron chi connectivity index (χ1n) is 7.25. The molecule has 3 amide bonds.